The van der Waals surface area contributed by atoms with Crippen LogP contribution in [0.5, 0.6) is 11.5 Å². The fourth-order valence-corrected chi connectivity index (χ4v) is 21.0. The number of hydrogen-bond acceptors (Lipinski definition) is 23. The van der Waals surface area contributed by atoms with Gasteiger partial charge >= 0.3 is 11.9 Å². The molecule has 6 aliphatic rings. The van der Waals surface area contributed by atoms with Crippen molar-refractivity contribution in [3.8, 4) is 33.8 Å². The van der Waals surface area contributed by atoms with Gasteiger partial charge in [0.1, 0.15) is 46.4 Å². The van der Waals surface area contributed by atoms with Crippen LogP contribution in [-0.2, 0) is 56.8 Å². The Labute approximate surface area is 772 Å². The molecule has 18 rings (SSSR count). The molecule has 4 aliphatic heterocycles. The van der Waals surface area contributed by atoms with Crippen LogP contribution in [0.4, 0.5) is 27.7 Å². The Balaban J connectivity index is 0.000000195. The molecule has 2 saturated carbocycles. The number of piperidine rings is 1. The Bertz CT molecular complexity index is 6200. The molecule has 0 spiro atoms. The number of nitrogens with zero attached hydrogens (tertiary/aromatic N) is 11. The van der Waals surface area contributed by atoms with E-state index in [1.54, 1.807) is 4.68 Å². The number of carbonyl (C=O) groups is 7. The SMILES string of the molecule is Cc1c(OC2CCC(CCCC=O)CC2)cccc1-c1ccc(N2CCc3cccc(C(=O)Nc4nc5ccccc5s4)c3C2)nc1C(=O)OC(C)(C)C.Cc1c(OC2CCC(CCCCN3CCN(c4ccc5c(C6CCC(=O)NC6=O)nn(C)c5n4)CC3)CC2)cccc1-c1ccc(N2CCc3cccc(C(=O)Nc4nc5ccccc5s4)c3C2)nc1C(=O)OC(C)(C)C. The lowest BCUT2D eigenvalue weighted by atomic mass is 9.84. The fourth-order valence-electron chi connectivity index (χ4n) is 19.3. The minimum Gasteiger partial charge on any atom is -0.490 e. The van der Waals surface area contributed by atoms with E-state index in [9.17, 15) is 33.6 Å². The number of esters is 2. The predicted molar refractivity (Wildman–Crippen MR) is 515 cm³/mol. The summed E-state index contributed by atoms with van der Waals surface area (Å²) >= 11 is 2.90. The number of aromatic nitrogens is 7. The van der Waals surface area contributed by atoms with Gasteiger partial charge < -0.3 is 38.4 Å². The Kier molecular flexibility index (Phi) is 27.5. The first-order valence-corrected chi connectivity index (χ1v) is 48.1. The quantitative estimate of drug-likeness (QED) is 0.0207. The highest BCUT2D eigenvalue weighted by Gasteiger charge is 2.36. The molecule has 6 aromatic carbocycles. The largest absolute Gasteiger partial charge is 0.490 e. The van der Waals surface area contributed by atoms with Crippen LogP contribution in [-0.4, -0.2) is 151 Å². The molecule has 10 heterocycles. The molecular weight excluding hydrogens is 1690 g/mol. The highest BCUT2D eigenvalue weighted by atomic mass is 32.1. The summed E-state index contributed by atoms with van der Waals surface area (Å²) in [7, 11) is 1.86. The van der Waals surface area contributed by atoms with Gasteiger partial charge in [-0.15, -0.1) is 0 Å². The maximum absolute atomic E-state index is 14.1. The third-order valence-corrected chi connectivity index (χ3v) is 28.1. The number of anilines is 5. The summed E-state index contributed by atoms with van der Waals surface area (Å²) in [5, 5.41) is 15.2. The normalized spacial score (nSPS) is 18.4. The number of ether oxygens (including phenoxy) is 4. The monoisotopic (exact) mass is 1800 g/mol. The molecule has 0 radical (unpaired) electrons. The van der Waals surface area contributed by atoms with E-state index in [0.717, 1.165) is 203 Å². The average molecular weight is 1800 g/mol. The highest BCUT2D eigenvalue weighted by molar-refractivity contribution is 7.22. The molecule has 131 heavy (non-hydrogen) atoms. The number of fused-ring (bicyclic) bond motifs is 5. The van der Waals surface area contributed by atoms with Gasteiger partial charge in [0.25, 0.3) is 11.8 Å². The smallest absolute Gasteiger partial charge is 0.358 e. The number of carbonyl (C=O) groups excluding carboxylic acids is 7. The lowest BCUT2D eigenvalue weighted by Crippen LogP contribution is -2.46. The molecule has 0 bridgehead atoms. The van der Waals surface area contributed by atoms with Crippen molar-refractivity contribution in [2.75, 3.05) is 71.1 Å². The molecular formula is C104H116N14O11S2. The maximum Gasteiger partial charge on any atom is 0.358 e. The second-order valence-electron chi connectivity index (χ2n) is 37.6. The van der Waals surface area contributed by atoms with Crippen molar-refractivity contribution in [1.82, 2.24) is 44.9 Å². The van der Waals surface area contributed by atoms with E-state index in [-0.39, 0.29) is 47.2 Å². The number of amides is 4. The van der Waals surface area contributed by atoms with Crippen molar-refractivity contribution in [2.24, 2.45) is 18.9 Å². The molecule has 1 unspecified atom stereocenters. The highest BCUT2D eigenvalue weighted by Crippen LogP contribution is 2.43. The van der Waals surface area contributed by atoms with Gasteiger partial charge in [0.05, 0.1) is 44.3 Å². The first-order valence-electron chi connectivity index (χ1n) is 46.4. The average Bonchev–Trinajstić information content (AvgIpc) is 1.69. The second-order valence-corrected chi connectivity index (χ2v) is 39.7. The number of pyridine rings is 3. The van der Waals surface area contributed by atoms with Crippen molar-refractivity contribution in [1.29, 1.82) is 0 Å². The molecule has 2 saturated heterocycles. The first-order chi connectivity index (χ1) is 63.3. The van der Waals surface area contributed by atoms with Crippen LogP contribution in [0.2, 0.25) is 0 Å². The third-order valence-electron chi connectivity index (χ3n) is 26.2. The van der Waals surface area contributed by atoms with E-state index in [0.29, 0.717) is 114 Å². The molecule has 25 nitrogen and oxygen atoms in total. The van der Waals surface area contributed by atoms with Gasteiger partial charge in [0.2, 0.25) is 11.8 Å². The zero-order chi connectivity index (χ0) is 91.2. The van der Waals surface area contributed by atoms with Crippen LogP contribution >= 0.6 is 22.7 Å². The van der Waals surface area contributed by atoms with Gasteiger partial charge in [-0.25, -0.2) is 34.5 Å². The molecule has 2 aliphatic carbocycles. The van der Waals surface area contributed by atoms with Crippen molar-refractivity contribution >= 4 is 124 Å². The molecule has 4 amide bonds. The predicted octanol–water partition coefficient (Wildman–Crippen LogP) is 19.9. The number of benzene rings is 6. The molecule has 4 fully saturated rings. The van der Waals surface area contributed by atoms with E-state index >= 15 is 0 Å². The number of rotatable bonds is 25. The summed E-state index contributed by atoms with van der Waals surface area (Å²) in [5.74, 6) is 2.84. The number of piperazine rings is 1. The summed E-state index contributed by atoms with van der Waals surface area (Å²) in [6, 6.07) is 51.4. The lowest BCUT2D eigenvalue weighted by Gasteiger charge is -2.35. The summed E-state index contributed by atoms with van der Waals surface area (Å²) in [5.41, 5.74) is 12.5. The van der Waals surface area contributed by atoms with Crippen LogP contribution in [0.25, 0.3) is 53.7 Å². The van der Waals surface area contributed by atoms with Crippen molar-refractivity contribution in [3.05, 3.63) is 219 Å². The van der Waals surface area contributed by atoms with Crippen LogP contribution in [0.1, 0.15) is 231 Å². The summed E-state index contributed by atoms with van der Waals surface area (Å²) in [4.78, 5) is 124. The van der Waals surface area contributed by atoms with Crippen LogP contribution in [0.15, 0.2) is 158 Å². The second kappa shape index (κ2) is 39.8. The van der Waals surface area contributed by atoms with Gasteiger partial charge in [-0.2, -0.15) is 5.10 Å². The van der Waals surface area contributed by atoms with Crippen LogP contribution in [0.3, 0.4) is 0 Å². The zero-order valence-corrected chi connectivity index (χ0v) is 77.9. The van der Waals surface area contributed by atoms with Gasteiger partial charge in [-0.3, -0.25) is 44.7 Å². The standard InChI is InChI=1S/C60H68N10O6S.C44H48N4O5S/c1-37-41(42-23-26-50(62-54(42)58(74)76-60(2,3)4)70-31-29-39-13-10-15-43(46(39)36-70)56(72)65-59-61-47-16-6-7-18-49(47)77-59)14-11-17-48(37)75-40-21-19-38(20-22-40)12-8-9-30-68-32-34-69(35-33-68)51-27-24-44-53(66-67(5)55(44)63-51)45-25-28-52(71)64-57(45)73;1-28-32(13-10-16-37(28)52-31-20-18-29(19-21-31)11-7-8-26-49)33-22-23-39(46-40(33)42(51)53-44(2,3)4)48-25-24-30-12-9-14-34(35(30)27-48)41(50)47-43-45-36-15-5-6-17-38(36)54-43/h6-7,10-11,13-18,23-24,26-27,38,40,45H,8-9,12,19-22,25,28-36H2,1-5H3,(H,61,65,72)(H,64,71,73);5-6,9-10,12-17,22-23,26,29,31H,7-8,11,18-21,24-25,27H2,1-4H3,(H,45,47,50). The number of thiazole rings is 2. The van der Waals surface area contributed by atoms with E-state index < -0.39 is 29.1 Å². The van der Waals surface area contributed by atoms with Crippen molar-refractivity contribution < 1.29 is 52.5 Å². The van der Waals surface area contributed by atoms with Gasteiger partial charge in [-0.05, 0) is 287 Å². The minimum absolute atomic E-state index is 0.123. The van der Waals surface area contributed by atoms with E-state index in [1.165, 1.54) is 41.9 Å². The van der Waals surface area contributed by atoms with Gasteiger partial charge in [-0.1, -0.05) is 115 Å². The molecule has 6 aromatic heterocycles. The molecule has 12 aromatic rings. The summed E-state index contributed by atoms with van der Waals surface area (Å²) in [6.07, 6.45) is 18.3. The van der Waals surface area contributed by atoms with Crippen LogP contribution in [0, 0.1) is 25.7 Å². The lowest BCUT2D eigenvalue weighted by molar-refractivity contribution is -0.134. The van der Waals surface area contributed by atoms with Crippen molar-refractivity contribution in [2.45, 2.75) is 213 Å². The minimum atomic E-state index is -0.732. The Morgan fingerprint density at radius 1 is 0.496 bits per heavy atom. The topological polar surface area (TPSA) is 288 Å². The van der Waals surface area contributed by atoms with Gasteiger partial charge in [0, 0.05) is 99.9 Å². The number of para-hydroxylation sites is 2. The fraction of sp³-hybridized carbons (Fsp3) is 0.413. The van der Waals surface area contributed by atoms with Crippen molar-refractivity contribution in [3.63, 3.8) is 0 Å². The molecule has 27 heteroatoms. The van der Waals surface area contributed by atoms with E-state index in [2.05, 4.69) is 69.7 Å². The number of unbranched alkanes of at least 4 members (excludes halogenated alkanes) is 2. The summed E-state index contributed by atoms with van der Waals surface area (Å²) < 4.78 is 29.1. The summed E-state index contributed by atoms with van der Waals surface area (Å²) in [6.45, 7) is 22.4. The molecule has 3 N–H and O–H groups in total. The van der Waals surface area contributed by atoms with E-state index in [1.807, 2.05) is 201 Å². The first kappa shape index (κ1) is 90.6. The number of aryl methyl sites for hydroxylation is 1. The Morgan fingerprint density at radius 3 is 1.47 bits per heavy atom. The molecule has 1 atom stereocenters. The van der Waals surface area contributed by atoms with Crippen LogP contribution < -0.4 is 40.1 Å². The Hall–Kier alpha value is -12.3. The maximum atomic E-state index is 14.1. The molecule has 680 valence electrons. The number of hydrogen-bond donors (Lipinski definition) is 3. The van der Waals surface area contributed by atoms with E-state index in [4.69, 9.17) is 33.9 Å². The zero-order valence-electron chi connectivity index (χ0n) is 76.3. The number of aldehydes is 1. The third kappa shape index (κ3) is 21.3. The Morgan fingerprint density at radius 2 is 0.977 bits per heavy atom. The number of nitrogens with one attached hydrogen (secondary N) is 3. The van der Waals surface area contributed by atoms with Gasteiger partial charge in [0.15, 0.2) is 27.3 Å². The number of imide groups is 1.